The van der Waals surface area contributed by atoms with Crippen molar-refractivity contribution >= 4 is 17.7 Å². The number of urea groups is 1. The Morgan fingerprint density at radius 3 is 2.43 bits per heavy atom. The second kappa shape index (κ2) is 8.52. The number of nitrogens with zero attached hydrogens (tertiary/aromatic N) is 2. The summed E-state index contributed by atoms with van der Waals surface area (Å²) in [6.45, 7) is 3.64. The van der Waals surface area contributed by atoms with Crippen molar-refractivity contribution in [3.8, 4) is 0 Å². The smallest absolute Gasteiger partial charge is 0.324 e. The number of aliphatic carboxylic acids is 1. The van der Waals surface area contributed by atoms with Gasteiger partial charge in [-0.3, -0.25) is 9.69 Å². The molecule has 152 valence electrons. The molecule has 2 N–H and O–H groups in total. The largest absolute Gasteiger partial charge is 0.481 e. The molecular formula is C22H31N3O3. The average molecular weight is 386 g/mol. The molecule has 0 radical (unpaired) electrons. The number of hydrogen-bond donors (Lipinski definition) is 2. The van der Waals surface area contributed by atoms with E-state index in [0.717, 1.165) is 38.2 Å². The Hall–Kier alpha value is -2.08. The van der Waals surface area contributed by atoms with E-state index >= 15 is 0 Å². The number of nitrogens with one attached hydrogen (secondary N) is 1. The summed E-state index contributed by atoms with van der Waals surface area (Å²) in [5, 5.41) is 12.6. The maximum absolute atomic E-state index is 13.0. The molecule has 0 spiro atoms. The lowest BCUT2D eigenvalue weighted by Gasteiger charge is -2.33. The molecule has 1 aromatic carbocycles. The van der Waals surface area contributed by atoms with Gasteiger partial charge in [0.05, 0.1) is 5.92 Å². The molecule has 2 saturated heterocycles. The van der Waals surface area contributed by atoms with Crippen LogP contribution < -0.4 is 10.2 Å². The molecule has 1 saturated carbocycles. The summed E-state index contributed by atoms with van der Waals surface area (Å²) < 4.78 is 0. The van der Waals surface area contributed by atoms with Crippen molar-refractivity contribution in [2.75, 3.05) is 31.1 Å². The molecule has 3 aliphatic rings. The quantitative estimate of drug-likeness (QED) is 0.833. The highest BCUT2D eigenvalue weighted by atomic mass is 16.4. The van der Waals surface area contributed by atoms with Crippen LogP contribution in [0.25, 0.3) is 0 Å². The maximum atomic E-state index is 13.0. The lowest BCUT2D eigenvalue weighted by molar-refractivity contribution is -0.143. The van der Waals surface area contributed by atoms with Crippen LogP contribution in [0.3, 0.4) is 0 Å². The molecule has 6 heteroatoms. The number of carboxylic acid groups (broad SMARTS) is 1. The van der Waals surface area contributed by atoms with Crippen LogP contribution in [0.2, 0.25) is 0 Å². The minimum Gasteiger partial charge on any atom is -0.481 e. The van der Waals surface area contributed by atoms with Gasteiger partial charge < -0.3 is 15.3 Å². The molecule has 0 aromatic heterocycles. The number of hydrogen-bond acceptors (Lipinski definition) is 3. The molecule has 2 heterocycles. The maximum Gasteiger partial charge on any atom is 0.324 e. The van der Waals surface area contributed by atoms with Crippen LogP contribution >= 0.6 is 0 Å². The van der Waals surface area contributed by atoms with Crippen LogP contribution in [0.1, 0.15) is 56.4 Å². The fraction of sp³-hybridized carbons (Fsp3) is 0.636. The standard InChI is InChI=1S/C22H31N3O3/c26-21(27)18-5-9-20(10-6-18)25-15-14-24(22(25)28)19-7-3-17(4-8-19)16-2-1-12-23-13-11-16/h3-4,7-8,16,18,20,23H,1-2,5-6,9-15H2,(H,26,27)/t16?,18-,20-. The van der Waals surface area contributed by atoms with E-state index in [9.17, 15) is 14.7 Å². The van der Waals surface area contributed by atoms with Gasteiger partial charge in [0, 0.05) is 24.8 Å². The molecule has 0 bridgehead atoms. The van der Waals surface area contributed by atoms with E-state index in [0.29, 0.717) is 25.3 Å². The third-order valence-electron chi connectivity index (χ3n) is 6.78. The van der Waals surface area contributed by atoms with Gasteiger partial charge in [-0.15, -0.1) is 0 Å². The van der Waals surface area contributed by atoms with Crippen molar-refractivity contribution in [3.63, 3.8) is 0 Å². The number of carbonyl (C=O) groups excluding carboxylic acids is 1. The number of anilines is 1. The van der Waals surface area contributed by atoms with E-state index < -0.39 is 5.97 Å². The van der Waals surface area contributed by atoms with Gasteiger partial charge in [-0.25, -0.2) is 4.79 Å². The van der Waals surface area contributed by atoms with Crippen molar-refractivity contribution in [3.05, 3.63) is 29.8 Å². The Bertz CT molecular complexity index is 689. The van der Waals surface area contributed by atoms with Gasteiger partial charge in [-0.2, -0.15) is 0 Å². The minimum absolute atomic E-state index is 0.0743. The van der Waals surface area contributed by atoms with E-state index in [1.54, 1.807) is 0 Å². The van der Waals surface area contributed by atoms with Crippen LogP contribution in [-0.4, -0.2) is 54.2 Å². The van der Waals surface area contributed by atoms with Crippen molar-refractivity contribution in [1.29, 1.82) is 0 Å². The number of amides is 2. The Balaban J connectivity index is 1.37. The second-order valence-electron chi connectivity index (χ2n) is 8.44. The number of rotatable bonds is 4. The van der Waals surface area contributed by atoms with E-state index in [1.165, 1.54) is 24.8 Å². The minimum atomic E-state index is -0.697. The first-order valence-corrected chi connectivity index (χ1v) is 10.7. The highest BCUT2D eigenvalue weighted by Crippen LogP contribution is 2.32. The van der Waals surface area contributed by atoms with E-state index in [1.807, 2.05) is 9.80 Å². The summed E-state index contributed by atoms with van der Waals surface area (Å²) in [6.07, 6.45) is 6.56. The summed E-state index contributed by atoms with van der Waals surface area (Å²) in [5.74, 6) is -0.326. The monoisotopic (exact) mass is 385 g/mol. The molecule has 4 rings (SSSR count). The molecule has 1 atom stereocenters. The van der Waals surface area contributed by atoms with Crippen molar-refractivity contribution in [2.45, 2.75) is 56.9 Å². The Kier molecular flexibility index (Phi) is 5.85. The Morgan fingerprint density at radius 1 is 0.964 bits per heavy atom. The van der Waals surface area contributed by atoms with Gasteiger partial charge in [-0.05, 0) is 81.6 Å². The van der Waals surface area contributed by atoms with Gasteiger partial charge in [-0.1, -0.05) is 12.1 Å². The first kappa shape index (κ1) is 19.2. The zero-order valence-corrected chi connectivity index (χ0v) is 16.5. The van der Waals surface area contributed by atoms with Gasteiger partial charge in [0.25, 0.3) is 0 Å². The Morgan fingerprint density at radius 2 is 1.71 bits per heavy atom. The lowest BCUT2D eigenvalue weighted by atomic mass is 9.85. The fourth-order valence-electron chi connectivity index (χ4n) is 5.05. The second-order valence-corrected chi connectivity index (χ2v) is 8.44. The fourth-order valence-corrected chi connectivity index (χ4v) is 5.05. The number of carbonyl (C=O) groups is 2. The lowest BCUT2D eigenvalue weighted by Crippen LogP contribution is -2.42. The molecule has 2 aliphatic heterocycles. The third kappa shape index (κ3) is 4.02. The van der Waals surface area contributed by atoms with Crippen LogP contribution in [0.5, 0.6) is 0 Å². The summed E-state index contributed by atoms with van der Waals surface area (Å²) in [4.78, 5) is 28.0. The first-order valence-electron chi connectivity index (χ1n) is 10.7. The first-order chi connectivity index (χ1) is 13.6. The molecular weight excluding hydrogens is 354 g/mol. The third-order valence-corrected chi connectivity index (χ3v) is 6.78. The van der Waals surface area contributed by atoms with Gasteiger partial charge in [0.15, 0.2) is 0 Å². The molecule has 28 heavy (non-hydrogen) atoms. The predicted octanol–water partition coefficient (Wildman–Crippen LogP) is 3.43. The van der Waals surface area contributed by atoms with Crippen molar-refractivity contribution in [1.82, 2.24) is 10.2 Å². The average Bonchev–Trinajstić information content (AvgIpc) is 2.92. The highest BCUT2D eigenvalue weighted by Gasteiger charge is 2.37. The van der Waals surface area contributed by atoms with E-state index in [-0.39, 0.29) is 18.0 Å². The number of benzene rings is 1. The molecule has 6 nitrogen and oxygen atoms in total. The van der Waals surface area contributed by atoms with Gasteiger partial charge in [0.1, 0.15) is 0 Å². The zero-order valence-electron chi connectivity index (χ0n) is 16.5. The summed E-state index contributed by atoms with van der Waals surface area (Å²) in [5.41, 5.74) is 2.35. The predicted molar refractivity (Wildman–Crippen MR) is 109 cm³/mol. The SMILES string of the molecule is O=C1N(c2ccc(C3CCCNCC3)cc2)CCN1[C@H]1CC[C@H](C(=O)O)CC1. The molecule has 1 aromatic rings. The summed E-state index contributed by atoms with van der Waals surface area (Å²) in [7, 11) is 0. The van der Waals surface area contributed by atoms with E-state index in [4.69, 9.17) is 0 Å². The van der Waals surface area contributed by atoms with E-state index in [2.05, 4.69) is 29.6 Å². The van der Waals surface area contributed by atoms with Crippen molar-refractivity contribution in [2.24, 2.45) is 5.92 Å². The van der Waals surface area contributed by atoms with Crippen LogP contribution in [0, 0.1) is 5.92 Å². The topological polar surface area (TPSA) is 72.9 Å². The van der Waals surface area contributed by atoms with Gasteiger partial charge >= 0.3 is 12.0 Å². The summed E-state index contributed by atoms with van der Waals surface area (Å²) in [6, 6.07) is 8.84. The molecule has 3 fully saturated rings. The Labute approximate surface area is 166 Å². The molecule has 2 amide bonds. The van der Waals surface area contributed by atoms with Crippen LogP contribution in [0.15, 0.2) is 24.3 Å². The van der Waals surface area contributed by atoms with Gasteiger partial charge in [0.2, 0.25) is 0 Å². The zero-order chi connectivity index (χ0) is 19.5. The number of carboxylic acids is 1. The normalized spacial score (nSPS) is 29.0. The molecule has 1 unspecified atom stereocenters. The summed E-state index contributed by atoms with van der Waals surface area (Å²) >= 11 is 0. The highest BCUT2D eigenvalue weighted by molar-refractivity contribution is 5.94. The molecule has 1 aliphatic carbocycles. The van der Waals surface area contributed by atoms with Crippen LogP contribution in [-0.2, 0) is 4.79 Å². The van der Waals surface area contributed by atoms with Crippen molar-refractivity contribution < 1.29 is 14.7 Å². The van der Waals surface area contributed by atoms with Crippen LogP contribution in [0.4, 0.5) is 10.5 Å².